The number of hydrogen-bond acceptors (Lipinski definition) is 3. The Kier molecular flexibility index (Phi) is 3.99. The average Bonchev–Trinajstić information content (AvgIpc) is 2.54. The lowest BCUT2D eigenvalue weighted by Gasteiger charge is -2.06. The number of amides is 1. The van der Waals surface area contributed by atoms with Crippen molar-refractivity contribution in [2.24, 2.45) is 0 Å². The zero-order valence-electron chi connectivity index (χ0n) is 11.9. The Balaban J connectivity index is 1.80. The van der Waals surface area contributed by atoms with Gasteiger partial charge in [0, 0.05) is 17.1 Å². The van der Waals surface area contributed by atoms with Gasteiger partial charge in [0.15, 0.2) is 0 Å². The van der Waals surface area contributed by atoms with Crippen molar-refractivity contribution in [1.29, 1.82) is 0 Å². The van der Waals surface area contributed by atoms with Crippen molar-refractivity contribution < 1.29 is 4.79 Å². The predicted octanol–water partition coefficient (Wildman–Crippen LogP) is 1.80. The maximum Gasteiger partial charge on any atom is 0.314 e. The van der Waals surface area contributed by atoms with Crippen LogP contribution in [0.15, 0.2) is 52.1 Å². The second-order valence-corrected chi connectivity index (χ2v) is 5.41. The fourth-order valence-corrected chi connectivity index (χ4v) is 2.27. The standard InChI is InChI=1S/C16H12ClN3O3/c17-11-4-1-9(2-5-11)8-18-14(21)10-3-6-12-13(7-10)20-16(23)15(22)19-12/h1-7H,8H2,(H,18,21)(H,19,22)(H,20,23). The van der Waals surface area contributed by atoms with Crippen molar-refractivity contribution in [1.82, 2.24) is 15.3 Å². The molecule has 6 nitrogen and oxygen atoms in total. The molecule has 2 aromatic carbocycles. The summed E-state index contributed by atoms with van der Waals surface area (Å²) in [5, 5.41) is 3.41. The quantitative estimate of drug-likeness (QED) is 0.639. The van der Waals surface area contributed by atoms with E-state index in [0.29, 0.717) is 28.2 Å². The molecule has 3 aromatic rings. The molecule has 0 radical (unpaired) electrons. The second-order valence-electron chi connectivity index (χ2n) is 4.98. The third-order valence-electron chi connectivity index (χ3n) is 3.35. The highest BCUT2D eigenvalue weighted by Gasteiger charge is 2.08. The Morgan fingerprint density at radius 2 is 1.61 bits per heavy atom. The molecule has 0 spiro atoms. The first-order valence-corrected chi connectivity index (χ1v) is 7.20. The van der Waals surface area contributed by atoms with Gasteiger partial charge in [-0.15, -0.1) is 0 Å². The van der Waals surface area contributed by atoms with Crippen LogP contribution in [0.2, 0.25) is 5.02 Å². The zero-order valence-corrected chi connectivity index (χ0v) is 12.6. The molecule has 3 rings (SSSR count). The van der Waals surface area contributed by atoms with E-state index in [1.54, 1.807) is 24.3 Å². The summed E-state index contributed by atoms with van der Waals surface area (Å²) in [6.45, 7) is 0.357. The van der Waals surface area contributed by atoms with Gasteiger partial charge in [0.1, 0.15) is 0 Å². The van der Waals surface area contributed by atoms with Gasteiger partial charge in [-0.25, -0.2) is 0 Å². The van der Waals surface area contributed by atoms with Gasteiger partial charge in [0.2, 0.25) is 0 Å². The normalized spacial score (nSPS) is 10.7. The van der Waals surface area contributed by atoms with Crippen LogP contribution in [-0.4, -0.2) is 15.9 Å². The number of nitrogens with one attached hydrogen (secondary N) is 3. The zero-order chi connectivity index (χ0) is 16.4. The molecule has 0 aliphatic carbocycles. The Morgan fingerprint density at radius 1 is 0.957 bits per heavy atom. The minimum Gasteiger partial charge on any atom is -0.348 e. The van der Waals surface area contributed by atoms with Crippen LogP contribution in [0.5, 0.6) is 0 Å². The summed E-state index contributed by atoms with van der Waals surface area (Å²) in [5.74, 6) is -0.283. The van der Waals surface area contributed by atoms with E-state index in [2.05, 4.69) is 15.3 Å². The van der Waals surface area contributed by atoms with Crippen molar-refractivity contribution in [2.45, 2.75) is 6.54 Å². The number of rotatable bonds is 3. The van der Waals surface area contributed by atoms with Crippen molar-refractivity contribution in [3.63, 3.8) is 0 Å². The average molecular weight is 330 g/mol. The second kappa shape index (κ2) is 6.10. The first-order chi connectivity index (χ1) is 11.0. The SMILES string of the molecule is O=C(NCc1ccc(Cl)cc1)c1ccc2[nH]c(=O)c(=O)[nH]c2c1. The molecular formula is C16H12ClN3O3. The van der Waals surface area contributed by atoms with Crippen LogP contribution in [0.4, 0.5) is 0 Å². The van der Waals surface area contributed by atoms with E-state index in [0.717, 1.165) is 5.56 Å². The molecule has 0 aliphatic heterocycles. The monoisotopic (exact) mass is 329 g/mol. The van der Waals surface area contributed by atoms with E-state index in [9.17, 15) is 14.4 Å². The number of aromatic amines is 2. The van der Waals surface area contributed by atoms with E-state index in [4.69, 9.17) is 11.6 Å². The number of fused-ring (bicyclic) bond motifs is 1. The molecule has 116 valence electrons. The molecule has 0 aliphatic rings. The van der Waals surface area contributed by atoms with Gasteiger partial charge in [0.25, 0.3) is 5.91 Å². The van der Waals surface area contributed by atoms with Gasteiger partial charge in [0.05, 0.1) is 11.0 Å². The van der Waals surface area contributed by atoms with E-state index >= 15 is 0 Å². The Bertz CT molecular complexity index is 990. The first kappa shape index (κ1) is 15.1. The van der Waals surface area contributed by atoms with Gasteiger partial charge in [-0.2, -0.15) is 0 Å². The summed E-state index contributed by atoms with van der Waals surface area (Å²) < 4.78 is 0. The van der Waals surface area contributed by atoms with Gasteiger partial charge in [-0.1, -0.05) is 23.7 Å². The van der Waals surface area contributed by atoms with Gasteiger partial charge >= 0.3 is 11.1 Å². The van der Waals surface area contributed by atoms with E-state index in [1.807, 2.05) is 12.1 Å². The Labute approximate surface area is 135 Å². The summed E-state index contributed by atoms with van der Waals surface area (Å²) >= 11 is 5.81. The van der Waals surface area contributed by atoms with Crippen molar-refractivity contribution in [3.05, 3.63) is 79.3 Å². The van der Waals surface area contributed by atoms with Crippen LogP contribution in [0.25, 0.3) is 11.0 Å². The summed E-state index contributed by atoms with van der Waals surface area (Å²) in [5.41, 5.74) is 0.682. The number of aromatic nitrogens is 2. The number of halogens is 1. The predicted molar refractivity (Wildman–Crippen MR) is 87.8 cm³/mol. The van der Waals surface area contributed by atoms with Crippen LogP contribution in [0.3, 0.4) is 0 Å². The fraction of sp³-hybridized carbons (Fsp3) is 0.0625. The topological polar surface area (TPSA) is 94.8 Å². The molecule has 0 unspecified atom stereocenters. The van der Waals surface area contributed by atoms with Crippen LogP contribution in [0, 0.1) is 0 Å². The van der Waals surface area contributed by atoms with Crippen molar-refractivity contribution in [2.75, 3.05) is 0 Å². The van der Waals surface area contributed by atoms with E-state index in [1.165, 1.54) is 6.07 Å². The molecule has 7 heteroatoms. The lowest BCUT2D eigenvalue weighted by Crippen LogP contribution is -2.29. The summed E-state index contributed by atoms with van der Waals surface area (Å²) in [6, 6.07) is 11.8. The molecule has 0 saturated heterocycles. The minimum absolute atomic E-state index is 0.283. The van der Waals surface area contributed by atoms with E-state index < -0.39 is 11.1 Å². The highest BCUT2D eigenvalue weighted by atomic mass is 35.5. The molecule has 23 heavy (non-hydrogen) atoms. The lowest BCUT2D eigenvalue weighted by atomic mass is 10.1. The largest absolute Gasteiger partial charge is 0.348 e. The maximum atomic E-state index is 12.2. The first-order valence-electron chi connectivity index (χ1n) is 6.82. The van der Waals surface area contributed by atoms with Gasteiger partial charge in [-0.3, -0.25) is 14.4 Å². The number of hydrogen-bond donors (Lipinski definition) is 3. The summed E-state index contributed by atoms with van der Waals surface area (Å²) in [6.07, 6.45) is 0. The van der Waals surface area contributed by atoms with Crippen LogP contribution < -0.4 is 16.4 Å². The maximum absolute atomic E-state index is 12.2. The molecule has 3 N–H and O–H groups in total. The molecule has 0 atom stereocenters. The van der Waals surface area contributed by atoms with Crippen LogP contribution in [0.1, 0.15) is 15.9 Å². The van der Waals surface area contributed by atoms with Crippen molar-refractivity contribution >= 4 is 28.5 Å². The molecule has 0 bridgehead atoms. The molecule has 1 heterocycles. The summed E-state index contributed by atoms with van der Waals surface area (Å²) in [7, 11) is 0. The fourth-order valence-electron chi connectivity index (χ4n) is 2.14. The molecule has 0 saturated carbocycles. The highest BCUT2D eigenvalue weighted by Crippen LogP contribution is 2.11. The smallest absolute Gasteiger partial charge is 0.314 e. The molecule has 1 amide bonds. The summed E-state index contributed by atoms with van der Waals surface area (Å²) in [4.78, 5) is 39.7. The third kappa shape index (κ3) is 3.32. The number of carbonyl (C=O) groups excluding carboxylic acids is 1. The number of benzene rings is 2. The molecule has 1 aromatic heterocycles. The molecular weight excluding hydrogens is 318 g/mol. The molecule has 0 fully saturated rings. The third-order valence-corrected chi connectivity index (χ3v) is 3.60. The van der Waals surface area contributed by atoms with Crippen LogP contribution in [-0.2, 0) is 6.54 Å². The lowest BCUT2D eigenvalue weighted by molar-refractivity contribution is 0.0951. The Hall–Kier alpha value is -2.86. The number of carbonyl (C=O) groups is 1. The Morgan fingerprint density at radius 3 is 2.30 bits per heavy atom. The van der Waals surface area contributed by atoms with Gasteiger partial charge in [-0.05, 0) is 35.9 Å². The minimum atomic E-state index is -0.753. The van der Waals surface area contributed by atoms with E-state index in [-0.39, 0.29) is 5.91 Å². The van der Waals surface area contributed by atoms with Crippen LogP contribution >= 0.6 is 11.6 Å². The van der Waals surface area contributed by atoms with Crippen molar-refractivity contribution in [3.8, 4) is 0 Å². The number of H-pyrrole nitrogens is 2. The highest BCUT2D eigenvalue weighted by molar-refractivity contribution is 6.30. The van der Waals surface area contributed by atoms with Gasteiger partial charge < -0.3 is 15.3 Å².